The van der Waals surface area contributed by atoms with E-state index in [2.05, 4.69) is 10.6 Å². The van der Waals surface area contributed by atoms with Crippen LogP contribution >= 0.6 is 0 Å². The van der Waals surface area contributed by atoms with Gasteiger partial charge in [-0.15, -0.1) is 0 Å². The zero-order valence-corrected chi connectivity index (χ0v) is 16.4. The molecule has 0 aliphatic carbocycles. The van der Waals surface area contributed by atoms with E-state index < -0.39 is 0 Å². The highest BCUT2D eigenvalue weighted by Crippen LogP contribution is 2.18. The quantitative estimate of drug-likeness (QED) is 0.812. The lowest BCUT2D eigenvalue weighted by molar-refractivity contribution is -0.122. The Balaban J connectivity index is 2.33. The normalized spacial score (nSPS) is 17.5. The van der Waals surface area contributed by atoms with E-state index in [-0.39, 0.29) is 36.0 Å². The summed E-state index contributed by atoms with van der Waals surface area (Å²) in [7, 11) is 1.91. The Morgan fingerprint density at radius 3 is 2.62 bits per heavy atom. The minimum Gasteiger partial charge on any atom is -0.352 e. The number of nitrogens with zero attached hydrogens (tertiary/aromatic N) is 2. The van der Waals surface area contributed by atoms with Crippen molar-refractivity contribution in [1.29, 1.82) is 0 Å². The van der Waals surface area contributed by atoms with Gasteiger partial charge < -0.3 is 20.1 Å². The number of likely N-dealkylation sites (N-methyl/N-ethyl adjacent to an activating group) is 1. The van der Waals surface area contributed by atoms with Gasteiger partial charge in [-0.05, 0) is 53.1 Å². The molecule has 0 bridgehead atoms. The number of carbonyl (C=O) groups excluding carboxylic acids is 2. The molecule has 0 radical (unpaired) electrons. The third kappa shape index (κ3) is 4.52. The molecule has 1 atom stereocenters. The molecule has 0 spiro atoms. The first-order chi connectivity index (χ1) is 12.2. The summed E-state index contributed by atoms with van der Waals surface area (Å²) in [5, 5.41) is 6.02. The number of piperidine rings is 1. The predicted molar refractivity (Wildman–Crippen MR) is 101 cm³/mol. The standard InChI is InChI=1S/C19H30N4O3/c1-12(2)21-16(24)11-23-14(4)18(13(3)9-17(23)25)19(26)22-8-6-7-15(10-22)20-5/h9,12,15,20H,6-8,10-11H2,1-5H3,(H,21,24). The molecule has 0 saturated carbocycles. The number of hydrogen-bond donors (Lipinski definition) is 2. The number of likely N-dealkylation sites (tertiary alicyclic amines) is 1. The molecule has 1 fully saturated rings. The molecule has 1 aromatic heterocycles. The highest BCUT2D eigenvalue weighted by atomic mass is 16.2. The fourth-order valence-electron chi connectivity index (χ4n) is 3.51. The van der Waals surface area contributed by atoms with E-state index in [1.807, 2.05) is 25.8 Å². The van der Waals surface area contributed by atoms with Gasteiger partial charge in [0.2, 0.25) is 5.91 Å². The zero-order valence-electron chi connectivity index (χ0n) is 16.4. The van der Waals surface area contributed by atoms with E-state index in [0.717, 1.165) is 12.8 Å². The van der Waals surface area contributed by atoms with Gasteiger partial charge in [0.25, 0.3) is 11.5 Å². The van der Waals surface area contributed by atoms with Gasteiger partial charge in [-0.2, -0.15) is 0 Å². The molecular formula is C19H30N4O3. The van der Waals surface area contributed by atoms with Crippen molar-refractivity contribution in [2.45, 2.75) is 59.2 Å². The number of carbonyl (C=O) groups is 2. The van der Waals surface area contributed by atoms with Crippen LogP contribution in [0.5, 0.6) is 0 Å². The fourth-order valence-corrected chi connectivity index (χ4v) is 3.51. The van der Waals surface area contributed by atoms with E-state index in [9.17, 15) is 14.4 Å². The van der Waals surface area contributed by atoms with Crippen LogP contribution in [0.3, 0.4) is 0 Å². The minimum atomic E-state index is -0.262. The monoisotopic (exact) mass is 362 g/mol. The maximum Gasteiger partial charge on any atom is 0.255 e. The van der Waals surface area contributed by atoms with Crippen LogP contribution in [-0.4, -0.2) is 53.5 Å². The van der Waals surface area contributed by atoms with Crippen LogP contribution in [0, 0.1) is 13.8 Å². The summed E-state index contributed by atoms with van der Waals surface area (Å²) in [5.41, 5.74) is 1.47. The second-order valence-electron chi connectivity index (χ2n) is 7.31. The number of hydrogen-bond acceptors (Lipinski definition) is 4. The van der Waals surface area contributed by atoms with Crippen LogP contribution in [0.15, 0.2) is 10.9 Å². The zero-order chi connectivity index (χ0) is 19.4. The van der Waals surface area contributed by atoms with Crippen LogP contribution in [-0.2, 0) is 11.3 Å². The Hall–Kier alpha value is -2.15. The molecule has 0 aromatic carbocycles. The Morgan fingerprint density at radius 2 is 2.00 bits per heavy atom. The highest BCUT2D eigenvalue weighted by Gasteiger charge is 2.27. The van der Waals surface area contributed by atoms with Gasteiger partial charge >= 0.3 is 0 Å². The number of nitrogens with one attached hydrogen (secondary N) is 2. The van der Waals surface area contributed by atoms with Crippen LogP contribution in [0.4, 0.5) is 0 Å². The van der Waals surface area contributed by atoms with Gasteiger partial charge in [0.05, 0.1) is 5.56 Å². The highest BCUT2D eigenvalue weighted by molar-refractivity contribution is 5.96. The lowest BCUT2D eigenvalue weighted by Crippen LogP contribution is -2.47. The van der Waals surface area contributed by atoms with Crippen molar-refractivity contribution >= 4 is 11.8 Å². The first-order valence-corrected chi connectivity index (χ1v) is 9.21. The van der Waals surface area contributed by atoms with E-state index in [4.69, 9.17) is 0 Å². The Labute approximate surface area is 154 Å². The SMILES string of the molecule is CNC1CCCN(C(=O)c2c(C)cc(=O)n(CC(=O)NC(C)C)c2C)C1. The molecule has 2 rings (SSSR count). The van der Waals surface area contributed by atoms with Crippen molar-refractivity contribution in [2.24, 2.45) is 0 Å². The van der Waals surface area contributed by atoms with Crippen molar-refractivity contribution in [3.05, 3.63) is 33.2 Å². The molecule has 144 valence electrons. The number of pyridine rings is 1. The van der Waals surface area contributed by atoms with Crippen molar-refractivity contribution in [3.63, 3.8) is 0 Å². The molecule has 2 amide bonds. The smallest absolute Gasteiger partial charge is 0.255 e. The summed E-state index contributed by atoms with van der Waals surface area (Å²) in [5.74, 6) is -0.307. The maximum atomic E-state index is 13.1. The Bertz CT molecular complexity index is 739. The Morgan fingerprint density at radius 1 is 1.31 bits per heavy atom. The lowest BCUT2D eigenvalue weighted by Gasteiger charge is -2.33. The molecule has 7 nitrogen and oxygen atoms in total. The van der Waals surface area contributed by atoms with Crippen molar-refractivity contribution in [3.8, 4) is 0 Å². The summed E-state index contributed by atoms with van der Waals surface area (Å²) in [6, 6.07) is 1.73. The van der Waals surface area contributed by atoms with E-state index in [1.54, 1.807) is 13.8 Å². The van der Waals surface area contributed by atoms with Gasteiger partial charge in [-0.3, -0.25) is 14.4 Å². The average molecular weight is 362 g/mol. The minimum absolute atomic E-state index is 0.00288. The van der Waals surface area contributed by atoms with E-state index in [1.165, 1.54) is 10.6 Å². The van der Waals surface area contributed by atoms with Crippen molar-refractivity contribution in [2.75, 3.05) is 20.1 Å². The van der Waals surface area contributed by atoms with Crippen LogP contribution in [0.25, 0.3) is 0 Å². The second-order valence-corrected chi connectivity index (χ2v) is 7.31. The average Bonchev–Trinajstić information content (AvgIpc) is 2.57. The first kappa shape index (κ1) is 20.2. The van der Waals surface area contributed by atoms with Crippen LogP contribution in [0.2, 0.25) is 0 Å². The molecule has 1 unspecified atom stereocenters. The summed E-state index contributed by atoms with van der Waals surface area (Å²) in [4.78, 5) is 39.4. The fraction of sp³-hybridized carbons (Fsp3) is 0.632. The topological polar surface area (TPSA) is 83.4 Å². The van der Waals surface area contributed by atoms with Gasteiger partial charge in [0.1, 0.15) is 6.54 Å². The number of aromatic nitrogens is 1. The molecule has 2 N–H and O–H groups in total. The third-order valence-corrected chi connectivity index (χ3v) is 4.85. The number of rotatable bonds is 5. The van der Waals surface area contributed by atoms with E-state index in [0.29, 0.717) is 29.9 Å². The molecule has 1 aromatic rings. The first-order valence-electron chi connectivity index (χ1n) is 9.21. The molecule has 1 aliphatic heterocycles. The summed E-state index contributed by atoms with van der Waals surface area (Å²) in [6.45, 7) is 8.54. The van der Waals surface area contributed by atoms with Crippen LogP contribution < -0.4 is 16.2 Å². The summed E-state index contributed by atoms with van der Waals surface area (Å²) in [6.07, 6.45) is 2.00. The molecule has 2 heterocycles. The second kappa shape index (κ2) is 8.49. The van der Waals surface area contributed by atoms with E-state index >= 15 is 0 Å². The molecule has 26 heavy (non-hydrogen) atoms. The predicted octanol–water partition coefficient (Wildman–Crippen LogP) is 0.814. The number of amides is 2. The Kier molecular flexibility index (Phi) is 6.58. The maximum absolute atomic E-state index is 13.1. The van der Waals surface area contributed by atoms with Gasteiger partial charge in [-0.1, -0.05) is 0 Å². The van der Waals surface area contributed by atoms with Crippen molar-refractivity contribution < 1.29 is 9.59 Å². The molecular weight excluding hydrogens is 332 g/mol. The van der Waals surface area contributed by atoms with Crippen LogP contribution in [0.1, 0.15) is 48.3 Å². The third-order valence-electron chi connectivity index (χ3n) is 4.85. The van der Waals surface area contributed by atoms with Gasteiger partial charge in [0.15, 0.2) is 0 Å². The van der Waals surface area contributed by atoms with Gasteiger partial charge in [0, 0.05) is 36.9 Å². The summed E-state index contributed by atoms with van der Waals surface area (Å²) < 4.78 is 1.39. The lowest BCUT2D eigenvalue weighted by atomic mass is 10.0. The number of aryl methyl sites for hydroxylation is 1. The van der Waals surface area contributed by atoms with Gasteiger partial charge in [-0.25, -0.2) is 0 Å². The molecule has 1 aliphatic rings. The molecule has 1 saturated heterocycles. The van der Waals surface area contributed by atoms with Crippen molar-refractivity contribution in [1.82, 2.24) is 20.1 Å². The molecule has 7 heteroatoms. The largest absolute Gasteiger partial charge is 0.352 e. The summed E-state index contributed by atoms with van der Waals surface area (Å²) >= 11 is 0.